The van der Waals surface area contributed by atoms with Gasteiger partial charge < -0.3 is 31.2 Å². The number of nitrogens with one attached hydrogen (secondary N) is 1. The number of alkyl halides is 1. The maximum atomic E-state index is 14.7. The first kappa shape index (κ1) is 30.3. The van der Waals surface area contributed by atoms with Crippen molar-refractivity contribution in [2.75, 3.05) is 20.3 Å². The van der Waals surface area contributed by atoms with E-state index >= 15 is 0 Å². The average Bonchev–Trinajstić information content (AvgIpc) is 3.57. The van der Waals surface area contributed by atoms with E-state index in [0.717, 1.165) is 11.1 Å². The van der Waals surface area contributed by atoms with Crippen LogP contribution >= 0.6 is 0 Å². The lowest BCUT2D eigenvalue weighted by Gasteiger charge is -2.30. The number of aryl methyl sites for hydroxylation is 1. The third-order valence-corrected chi connectivity index (χ3v) is 7.77. The number of nitrogens with zero attached hydrogens (tertiary/aromatic N) is 4. The summed E-state index contributed by atoms with van der Waals surface area (Å²) < 4.78 is 27.3. The number of nitrogens with two attached hydrogens (primary N) is 2. The fourth-order valence-electron chi connectivity index (χ4n) is 5.79. The SMILES string of the molecule is C=N/C=C(\C=C/N)c1ccc2c(c1)c(C(N)=O)nn2CC(=O)N1C[C@H](F)C[C@H]1C(=O)NC1CCOc2c(OC)cc(C)cc21. The first-order chi connectivity index (χ1) is 21.1. The second kappa shape index (κ2) is 12.6. The Kier molecular flexibility index (Phi) is 8.65. The molecule has 0 spiro atoms. The summed E-state index contributed by atoms with van der Waals surface area (Å²) in [4.78, 5) is 44.4. The summed E-state index contributed by atoms with van der Waals surface area (Å²) >= 11 is 0. The normalized spacial score (nSPS) is 19.9. The number of allylic oxidation sites excluding steroid dienone is 2. The van der Waals surface area contributed by atoms with Gasteiger partial charge in [0.15, 0.2) is 17.2 Å². The van der Waals surface area contributed by atoms with Crippen LogP contribution in [0.15, 0.2) is 53.8 Å². The molecule has 1 fully saturated rings. The number of benzene rings is 2. The number of amides is 3. The van der Waals surface area contributed by atoms with Crippen molar-refractivity contribution in [3.05, 3.63) is 71.2 Å². The fraction of sp³-hybridized carbons (Fsp3) is 0.323. The maximum Gasteiger partial charge on any atom is 0.269 e. The molecule has 5 rings (SSSR count). The molecule has 12 nitrogen and oxygen atoms in total. The van der Waals surface area contributed by atoms with Gasteiger partial charge >= 0.3 is 0 Å². The molecule has 5 N–H and O–H groups in total. The van der Waals surface area contributed by atoms with E-state index in [1.165, 1.54) is 22.0 Å². The minimum Gasteiger partial charge on any atom is -0.493 e. The van der Waals surface area contributed by atoms with Crippen molar-refractivity contribution in [2.45, 2.75) is 44.6 Å². The van der Waals surface area contributed by atoms with E-state index in [1.54, 1.807) is 31.4 Å². The van der Waals surface area contributed by atoms with Crippen LogP contribution in [0.3, 0.4) is 0 Å². The molecule has 3 aromatic rings. The first-order valence-electron chi connectivity index (χ1n) is 14.0. The lowest BCUT2D eigenvalue weighted by molar-refractivity contribution is -0.139. The molecule has 3 amide bonds. The highest BCUT2D eigenvalue weighted by molar-refractivity contribution is 6.05. The number of rotatable bonds is 9. The predicted octanol–water partition coefficient (Wildman–Crippen LogP) is 2.55. The van der Waals surface area contributed by atoms with Crippen molar-refractivity contribution in [1.82, 2.24) is 20.0 Å². The van der Waals surface area contributed by atoms with Crippen LogP contribution in [0.5, 0.6) is 11.5 Å². The van der Waals surface area contributed by atoms with Gasteiger partial charge in [0.1, 0.15) is 18.8 Å². The van der Waals surface area contributed by atoms with Crippen LogP contribution in [-0.4, -0.2) is 71.6 Å². The Labute approximate surface area is 253 Å². The Morgan fingerprint density at radius 1 is 1.30 bits per heavy atom. The number of carbonyl (C=O) groups is 3. The number of aliphatic imine (C=N–C) groups is 1. The zero-order valence-corrected chi connectivity index (χ0v) is 24.5. The quantitative estimate of drug-likeness (QED) is 0.250. The summed E-state index contributed by atoms with van der Waals surface area (Å²) in [6, 6.07) is 7.46. The van der Waals surface area contributed by atoms with E-state index in [4.69, 9.17) is 20.9 Å². The maximum absolute atomic E-state index is 14.7. The molecular weight excluding hydrogens is 569 g/mol. The third-order valence-electron chi connectivity index (χ3n) is 7.77. The van der Waals surface area contributed by atoms with Crippen LogP contribution in [0.2, 0.25) is 0 Å². The number of methoxy groups -OCH3 is 1. The Balaban J connectivity index is 1.39. The zero-order valence-electron chi connectivity index (χ0n) is 24.5. The van der Waals surface area contributed by atoms with Gasteiger partial charge in [0.05, 0.1) is 31.8 Å². The largest absolute Gasteiger partial charge is 0.493 e. The number of hydrogen-bond acceptors (Lipinski definition) is 8. The van der Waals surface area contributed by atoms with Crippen molar-refractivity contribution in [3.8, 4) is 11.5 Å². The molecule has 0 bridgehead atoms. The van der Waals surface area contributed by atoms with Gasteiger partial charge in [-0.2, -0.15) is 5.10 Å². The van der Waals surface area contributed by atoms with Crippen molar-refractivity contribution in [1.29, 1.82) is 0 Å². The summed E-state index contributed by atoms with van der Waals surface area (Å²) in [5.74, 6) is -0.658. The van der Waals surface area contributed by atoms with E-state index in [0.29, 0.717) is 46.6 Å². The van der Waals surface area contributed by atoms with Gasteiger partial charge in [-0.1, -0.05) is 12.1 Å². The van der Waals surface area contributed by atoms with Crippen LogP contribution in [-0.2, 0) is 16.1 Å². The van der Waals surface area contributed by atoms with Crippen molar-refractivity contribution >= 4 is 40.9 Å². The molecule has 1 unspecified atom stereocenters. The lowest BCUT2D eigenvalue weighted by Crippen LogP contribution is -2.48. The van der Waals surface area contributed by atoms with Crippen molar-refractivity contribution in [3.63, 3.8) is 0 Å². The van der Waals surface area contributed by atoms with E-state index in [-0.39, 0.29) is 25.2 Å². The molecule has 1 saturated heterocycles. The van der Waals surface area contributed by atoms with Crippen LogP contribution in [0, 0.1) is 6.92 Å². The topological polar surface area (TPSA) is 167 Å². The molecule has 230 valence electrons. The number of halogens is 1. The molecule has 3 heterocycles. The summed E-state index contributed by atoms with van der Waals surface area (Å²) in [6.07, 6.45) is 3.46. The first-order valence-corrected chi connectivity index (χ1v) is 14.0. The van der Waals surface area contributed by atoms with Crippen molar-refractivity contribution in [2.24, 2.45) is 16.5 Å². The Bertz CT molecular complexity index is 1700. The molecule has 1 aromatic heterocycles. The summed E-state index contributed by atoms with van der Waals surface area (Å²) in [6.45, 7) is 5.16. The standard InChI is InChI=1S/C31H34FN7O5/c1-17-10-21-23(7-9-44-29(21)26(11-17)43-3)36-31(42)25-13-20(32)15-38(25)27(40)16-39-24-5-4-18(19(6-8-33)14-35-2)12-22(24)28(37-39)30(34)41/h4-6,8,10-12,14,20,23,25H,2,7,9,13,15-16,33H2,1,3H3,(H2,34,41)(H,36,42)/b8-6-,19-14+/t20-,23?,25+/m1/s1. The third kappa shape index (κ3) is 5.85. The molecule has 44 heavy (non-hydrogen) atoms. The minimum absolute atomic E-state index is 0.0414. The molecule has 2 aliphatic heterocycles. The number of aromatic nitrogens is 2. The Morgan fingerprint density at radius 3 is 2.80 bits per heavy atom. The number of fused-ring (bicyclic) bond motifs is 2. The van der Waals surface area contributed by atoms with Gasteiger partial charge in [-0.05, 0) is 55.2 Å². The molecule has 0 radical (unpaired) electrons. The second-order valence-corrected chi connectivity index (χ2v) is 10.7. The highest BCUT2D eigenvalue weighted by Crippen LogP contribution is 2.40. The van der Waals surface area contributed by atoms with Gasteiger partial charge in [-0.3, -0.25) is 24.1 Å². The second-order valence-electron chi connectivity index (χ2n) is 10.7. The van der Waals surface area contributed by atoms with E-state index in [9.17, 15) is 18.8 Å². The predicted molar refractivity (Wildman–Crippen MR) is 163 cm³/mol. The highest BCUT2D eigenvalue weighted by atomic mass is 19.1. The number of hydrogen-bond donors (Lipinski definition) is 3. The molecule has 0 saturated carbocycles. The Hall–Kier alpha value is -5.20. The van der Waals surface area contributed by atoms with Gasteiger partial charge in [-0.25, -0.2) is 4.39 Å². The molecule has 3 atom stereocenters. The van der Waals surface area contributed by atoms with E-state index in [1.807, 2.05) is 19.1 Å². The van der Waals surface area contributed by atoms with Crippen LogP contribution in [0.4, 0.5) is 4.39 Å². The van der Waals surface area contributed by atoms with Crippen LogP contribution < -0.4 is 26.3 Å². The van der Waals surface area contributed by atoms with Gasteiger partial charge in [-0.15, -0.1) is 0 Å². The average molecular weight is 604 g/mol. The number of primary amides is 1. The molecule has 0 aliphatic carbocycles. The Morgan fingerprint density at radius 2 is 2.09 bits per heavy atom. The minimum atomic E-state index is -1.38. The van der Waals surface area contributed by atoms with E-state index in [2.05, 4.69) is 22.1 Å². The van der Waals surface area contributed by atoms with Gasteiger partial charge in [0.2, 0.25) is 11.8 Å². The van der Waals surface area contributed by atoms with Gasteiger partial charge in [0, 0.05) is 35.6 Å². The van der Waals surface area contributed by atoms with Gasteiger partial charge in [0.25, 0.3) is 5.91 Å². The summed E-state index contributed by atoms with van der Waals surface area (Å²) in [5.41, 5.74) is 14.6. The molecular formula is C31H34FN7O5. The number of likely N-dealkylation sites (tertiary alicyclic amines) is 1. The monoisotopic (exact) mass is 603 g/mol. The van der Waals surface area contributed by atoms with Crippen molar-refractivity contribution < 1.29 is 28.2 Å². The number of ether oxygens (including phenoxy) is 2. The molecule has 2 aromatic carbocycles. The number of carbonyl (C=O) groups excluding carboxylic acids is 3. The zero-order chi connectivity index (χ0) is 31.5. The van der Waals surface area contributed by atoms with Crippen LogP contribution in [0.25, 0.3) is 16.5 Å². The highest BCUT2D eigenvalue weighted by Gasteiger charge is 2.41. The fourth-order valence-corrected chi connectivity index (χ4v) is 5.79. The smallest absolute Gasteiger partial charge is 0.269 e. The molecule has 13 heteroatoms. The summed E-state index contributed by atoms with van der Waals surface area (Å²) in [5, 5.41) is 7.71. The van der Waals surface area contributed by atoms with E-state index < -0.39 is 36.0 Å². The molecule has 2 aliphatic rings. The van der Waals surface area contributed by atoms with Crippen LogP contribution in [0.1, 0.15) is 46.1 Å². The summed E-state index contributed by atoms with van der Waals surface area (Å²) in [7, 11) is 1.55. The lowest BCUT2D eigenvalue weighted by atomic mass is 9.97.